The molecule has 0 bridgehead atoms. The Labute approximate surface area is 115 Å². The van der Waals surface area contributed by atoms with E-state index in [4.69, 9.17) is 50.8 Å². The summed E-state index contributed by atoms with van der Waals surface area (Å²) in [6, 6.07) is 6.47. The predicted molar refractivity (Wildman–Crippen MR) is 69.0 cm³/mol. The zero-order chi connectivity index (χ0) is 16.6. The van der Waals surface area contributed by atoms with Crippen LogP contribution in [0.3, 0.4) is 0 Å². The van der Waals surface area contributed by atoms with Crippen molar-refractivity contribution in [1.29, 1.82) is 0 Å². The molecule has 1 rings (SSSR count). The van der Waals surface area contributed by atoms with Crippen molar-refractivity contribution < 1.29 is 45.1 Å². The van der Waals surface area contributed by atoms with Gasteiger partial charge >= 0.3 is 27.9 Å². The number of nitrogens with two attached hydrogens (primary N) is 1. The first-order valence-corrected chi connectivity index (χ1v) is 7.11. The summed E-state index contributed by atoms with van der Waals surface area (Å²) < 4.78 is 63.2. The van der Waals surface area contributed by atoms with E-state index in [1.165, 1.54) is 6.07 Å². The molecule has 116 valence electrons. The molecule has 0 saturated heterocycles. The second-order valence-electron chi connectivity index (χ2n) is 2.94. The van der Waals surface area contributed by atoms with E-state index in [2.05, 4.69) is 0 Å². The Bertz CT molecular complexity index is 552. The van der Waals surface area contributed by atoms with Crippen molar-refractivity contribution in [3.8, 4) is 0 Å². The van der Waals surface area contributed by atoms with E-state index in [9.17, 15) is 0 Å². The number of hydrogen-bond acceptors (Lipinski definition) is 7. The van der Waals surface area contributed by atoms with Gasteiger partial charge in [0, 0.05) is 5.69 Å². The van der Waals surface area contributed by atoms with E-state index >= 15 is 0 Å². The molecule has 0 atom stereocenters. The van der Waals surface area contributed by atoms with Crippen LogP contribution >= 0.6 is 0 Å². The fourth-order valence-electron chi connectivity index (χ4n) is 0.720. The Kier molecular flexibility index (Phi) is 9.29. The van der Waals surface area contributed by atoms with Crippen LogP contribution in [0.15, 0.2) is 24.3 Å². The smallest absolute Gasteiger partial charge is 0.423 e. The van der Waals surface area contributed by atoms with Crippen LogP contribution in [0.5, 0.6) is 0 Å². The van der Waals surface area contributed by atoms with Gasteiger partial charge < -0.3 is 15.8 Å². The number of hydrogen-bond donors (Lipinski definition) is 7. The van der Waals surface area contributed by atoms with E-state index in [0.717, 1.165) is 0 Å². The fourth-order valence-corrected chi connectivity index (χ4v) is 0.720. The lowest BCUT2D eigenvalue weighted by Gasteiger charge is -1.98. The normalized spacial score (nSPS) is 10.5. The van der Waals surface area contributed by atoms with Crippen LogP contribution < -0.4 is 11.2 Å². The fraction of sp³-hybridized carbons (Fsp3) is 0. The number of anilines is 1. The maximum Gasteiger partial charge on any atom is 0.488 e. The number of benzene rings is 1. The molecule has 1 aromatic carbocycles. The Hall–Kier alpha value is -1.26. The van der Waals surface area contributed by atoms with Crippen LogP contribution in [0.25, 0.3) is 0 Å². The molecular formula is C6H12BNO10S2. The molecule has 0 fully saturated rings. The van der Waals surface area contributed by atoms with Crippen LogP contribution in [0.2, 0.25) is 0 Å². The Morgan fingerprint density at radius 3 is 1.45 bits per heavy atom. The highest BCUT2D eigenvalue weighted by Gasteiger charge is 2.09. The van der Waals surface area contributed by atoms with Gasteiger partial charge in [-0.15, -0.1) is 0 Å². The molecule has 0 aliphatic heterocycles. The first-order valence-electron chi connectivity index (χ1n) is 4.31. The molecule has 0 saturated carbocycles. The first-order chi connectivity index (χ1) is 8.70. The van der Waals surface area contributed by atoms with E-state index in [1.54, 1.807) is 18.2 Å². The molecule has 20 heavy (non-hydrogen) atoms. The molecule has 0 aliphatic rings. The predicted octanol–water partition coefficient (Wildman–Crippen LogP) is -2.36. The van der Waals surface area contributed by atoms with Crippen LogP contribution in [0.4, 0.5) is 5.69 Å². The molecule has 0 amide bonds. The maximum absolute atomic E-state index is 8.74. The van der Waals surface area contributed by atoms with Crippen molar-refractivity contribution in [2.45, 2.75) is 0 Å². The van der Waals surface area contributed by atoms with Gasteiger partial charge in [-0.25, -0.2) is 0 Å². The largest absolute Gasteiger partial charge is 0.488 e. The summed E-state index contributed by atoms with van der Waals surface area (Å²) in [7, 11) is -10.8. The summed E-state index contributed by atoms with van der Waals surface area (Å²) in [6.45, 7) is 0. The lowest BCUT2D eigenvalue weighted by atomic mass is 9.80. The molecule has 0 unspecified atom stereocenters. The van der Waals surface area contributed by atoms with Gasteiger partial charge in [0.15, 0.2) is 0 Å². The minimum Gasteiger partial charge on any atom is -0.423 e. The third-order valence-corrected chi connectivity index (χ3v) is 1.21. The zero-order valence-electron chi connectivity index (χ0n) is 9.60. The van der Waals surface area contributed by atoms with Crippen molar-refractivity contribution in [3.05, 3.63) is 24.3 Å². The first kappa shape index (κ1) is 21.1. The van der Waals surface area contributed by atoms with E-state index in [0.29, 0.717) is 11.2 Å². The average Bonchev–Trinajstić information content (AvgIpc) is 2.11. The SMILES string of the molecule is Nc1cccc(B(O)O)c1.O=S(=O)(O)O.O=S(=O)(O)O. The number of rotatable bonds is 1. The maximum atomic E-state index is 8.74. The minimum absolute atomic E-state index is 0.417. The van der Waals surface area contributed by atoms with E-state index < -0.39 is 27.9 Å². The van der Waals surface area contributed by atoms with Crippen molar-refractivity contribution in [2.24, 2.45) is 0 Å². The minimum atomic E-state index is -4.67. The summed E-state index contributed by atoms with van der Waals surface area (Å²) >= 11 is 0. The Morgan fingerprint density at radius 2 is 1.25 bits per heavy atom. The van der Waals surface area contributed by atoms with Crippen LogP contribution in [0, 0.1) is 0 Å². The highest BCUT2D eigenvalue weighted by atomic mass is 32.3. The molecule has 11 nitrogen and oxygen atoms in total. The van der Waals surface area contributed by atoms with Crippen LogP contribution in [0.1, 0.15) is 0 Å². The molecule has 0 spiro atoms. The van der Waals surface area contributed by atoms with E-state index in [-0.39, 0.29) is 0 Å². The van der Waals surface area contributed by atoms with Crippen molar-refractivity contribution >= 4 is 39.1 Å². The van der Waals surface area contributed by atoms with Crippen molar-refractivity contribution in [2.75, 3.05) is 5.73 Å². The summed E-state index contributed by atoms with van der Waals surface area (Å²) in [4.78, 5) is 0. The highest BCUT2D eigenvalue weighted by molar-refractivity contribution is 7.80. The summed E-state index contributed by atoms with van der Waals surface area (Å²) in [5.74, 6) is 0. The second-order valence-corrected chi connectivity index (χ2v) is 4.73. The van der Waals surface area contributed by atoms with Gasteiger partial charge in [0.2, 0.25) is 0 Å². The van der Waals surface area contributed by atoms with Gasteiger partial charge in [-0.05, 0) is 17.6 Å². The molecule has 8 N–H and O–H groups in total. The van der Waals surface area contributed by atoms with E-state index in [1.807, 2.05) is 0 Å². The lowest BCUT2D eigenvalue weighted by molar-refractivity contribution is 0.378. The number of nitrogen functional groups attached to an aromatic ring is 1. The third kappa shape index (κ3) is 25.6. The highest BCUT2D eigenvalue weighted by Crippen LogP contribution is 1.96. The molecule has 1 aromatic rings. The summed E-state index contributed by atoms with van der Waals surface area (Å²) in [5.41, 5.74) is 6.32. The molecule has 0 aromatic heterocycles. The van der Waals surface area contributed by atoms with Crippen LogP contribution in [-0.2, 0) is 20.8 Å². The summed E-state index contributed by atoms with van der Waals surface area (Å²) in [5, 5.41) is 17.3. The van der Waals surface area contributed by atoms with Gasteiger partial charge in [-0.3, -0.25) is 18.2 Å². The zero-order valence-corrected chi connectivity index (χ0v) is 11.2. The van der Waals surface area contributed by atoms with Gasteiger partial charge in [-0.2, -0.15) is 16.8 Å². The molecule has 0 radical (unpaired) electrons. The Morgan fingerprint density at radius 1 is 0.900 bits per heavy atom. The standard InChI is InChI=1S/C6H8BNO2.2H2O4S/c8-6-3-1-2-5(4-6)7(9)10;2*1-5(2,3)4/h1-4,9-10H,8H2;2*(H2,1,2,3,4). The van der Waals surface area contributed by atoms with Gasteiger partial charge in [-0.1, -0.05) is 12.1 Å². The van der Waals surface area contributed by atoms with Gasteiger partial charge in [0.25, 0.3) is 0 Å². The van der Waals surface area contributed by atoms with Gasteiger partial charge in [0.1, 0.15) is 0 Å². The molecule has 0 heterocycles. The second kappa shape index (κ2) is 8.82. The van der Waals surface area contributed by atoms with Crippen molar-refractivity contribution in [1.82, 2.24) is 0 Å². The molecular weight excluding hydrogens is 321 g/mol. The summed E-state index contributed by atoms with van der Waals surface area (Å²) in [6.07, 6.45) is 0. The van der Waals surface area contributed by atoms with Crippen LogP contribution in [-0.4, -0.2) is 52.2 Å². The van der Waals surface area contributed by atoms with Gasteiger partial charge in [0.05, 0.1) is 0 Å². The lowest BCUT2D eigenvalue weighted by Crippen LogP contribution is -2.29. The third-order valence-electron chi connectivity index (χ3n) is 1.21. The quantitative estimate of drug-likeness (QED) is 0.164. The topological polar surface area (TPSA) is 216 Å². The van der Waals surface area contributed by atoms with Crippen molar-refractivity contribution in [3.63, 3.8) is 0 Å². The molecule has 14 heteroatoms. The monoisotopic (exact) mass is 333 g/mol. The Balaban J connectivity index is 0. The average molecular weight is 333 g/mol. The molecule has 0 aliphatic carbocycles.